The van der Waals surface area contributed by atoms with E-state index < -0.39 is 5.91 Å². The summed E-state index contributed by atoms with van der Waals surface area (Å²) in [6, 6.07) is 11.4. The summed E-state index contributed by atoms with van der Waals surface area (Å²) in [5, 5.41) is 20.9. The first-order chi connectivity index (χ1) is 16.6. The topological polar surface area (TPSA) is 135 Å². The van der Waals surface area contributed by atoms with Crippen LogP contribution in [0.5, 0.6) is 0 Å². The number of aromatic nitrogens is 5. The molecular weight excluding hydrogens is 454 g/mol. The van der Waals surface area contributed by atoms with Crippen molar-refractivity contribution in [2.24, 2.45) is 0 Å². The number of hydrogen-bond donors (Lipinski definition) is 4. The van der Waals surface area contributed by atoms with Crippen LogP contribution in [0.3, 0.4) is 0 Å². The Balaban J connectivity index is 1.29. The molecule has 34 heavy (non-hydrogen) atoms. The molecule has 0 radical (unpaired) electrons. The summed E-state index contributed by atoms with van der Waals surface area (Å²) < 4.78 is 0. The second kappa shape index (κ2) is 9.53. The number of pyridine rings is 1. The Kier molecular flexibility index (Phi) is 6.14. The lowest BCUT2D eigenvalue weighted by Gasteiger charge is -2.36. The number of thioether (sulfide) groups is 1. The van der Waals surface area contributed by atoms with Gasteiger partial charge in [0.15, 0.2) is 5.16 Å². The lowest BCUT2D eigenvalue weighted by atomic mass is 10.2. The van der Waals surface area contributed by atoms with Crippen molar-refractivity contribution in [2.75, 3.05) is 47.6 Å². The molecule has 5 rings (SSSR count). The number of hydrogen-bond acceptors (Lipinski definition) is 10. The van der Waals surface area contributed by atoms with Crippen molar-refractivity contribution in [1.82, 2.24) is 30.6 Å². The summed E-state index contributed by atoms with van der Waals surface area (Å²) in [6.07, 6.45) is 5.22. The highest BCUT2D eigenvalue weighted by molar-refractivity contribution is 7.98. The van der Waals surface area contributed by atoms with Crippen molar-refractivity contribution in [2.45, 2.75) is 5.16 Å². The van der Waals surface area contributed by atoms with Crippen LogP contribution in [0.1, 0.15) is 10.4 Å². The molecule has 174 valence electrons. The molecule has 1 aliphatic heterocycles. The minimum atomic E-state index is -0.577. The summed E-state index contributed by atoms with van der Waals surface area (Å²) >= 11 is 1.50. The fourth-order valence-corrected chi connectivity index (χ4v) is 4.21. The number of H-pyrrole nitrogens is 1. The van der Waals surface area contributed by atoms with Gasteiger partial charge in [-0.3, -0.25) is 15.1 Å². The third-order valence-corrected chi connectivity index (χ3v) is 6.17. The first-order valence-electron chi connectivity index (χ1n) is 10.7. The summed E-state index contributed by atoms with van der Waals surface area (Å²) in [5.41, 5.74) is 3.84. The number of amides is 1. The predicted octanol–water partition coefficient (Wildman–Crippen LogP) is 2.66. The minimum absolute atomic E-state index is 0.308. The lowest BCUT2D eigenvalue weighted by molar-refractivity contribution is 0.0706. The van der Waals surface area contributed by atoms with Crippen molar-refractivity contribution in [3.63, 3.8) is 0 Å². The Hall–Kier alpha value is -3.90. The maximum Gasteiger partial charge on any atom is 0.276 e. The smallest absolute Gasteiger partial charge is 0.276 e. The zero-order chi connectivity index (χ0) is 23.5. The average molecular weight is 478 g/mol. The van der Waals surface area contributed by atoms with Crippen molar-refractivity contribution in [3.05, 3.63) is 54.4 Å². The number of piperazine rings is 1. The van der Waals surface area contributed by atoms with Crippen molar-refractivity contribution in [3.8, 4) is 0 Å². The van der Waals surface area contributed by atoms with Crippen LogP contribution in [-0.4, -0.2) is 68.7 Å². The average Bonchev–Trinajstić information content (AvgIpc) is 3.36. The number of benzene rings is 1. The van der Waals surface area contributed by atoms with Crippen LogP contribution < -0.4 is 20.6 Å². The number of carbonyl (C=O) groups is 1. The third kappa shape index (κ3) is 4.58. The number of carbonyl (C=O) groups excluding carboxylic acids is 1. The molecule has 1 aromatic carbocycles. The number of rotatable bonds is 6. The first-order valence-corrected chi connectivity index (χ1v) is 11.9. The summed E-state index contributed by atoms with van der Waals surface area (Å²) in [7, 11) is 0. The molecule has 11 nitrogen and oxygen atoms in total. The van der Waals surface area contributed by atoms with Crippen LogP contribution in [0, 0.1) is 0 Å². The van der Waals surface area contributed by atoms with Gasteiger partial charge in [-0.15, -0.1) is 0 Å². The molecule has 1 amide bonds. The summed E-state index contributed by atoms with van der Waals surface area (Å²) in [5.74, 6) is 1.82. The Bertz CT molecular complexity index is 1300. The Morgan fingerprint density at radius 1 is 1.03 bits per heavy atom. The van der Waals surface area contributed by atoms with E-state index in [1.165, 1.54) is 18.0 Å². The SMILES string of the molecule is CSc1nc(Nc2ccc3[nH]ncc3c2)cc(N2CCN(c3ccc(C(=O)NO)cn3)CC2)n1. The molecule has 4 aromatic rings. The van der Waals surface area contributed by atoms with E-state index in [1.807, 2.05) is 30.5 Å². The number of anilines is 4. The normalized spacial score (nSPS) is 13.8. The van der Waals surface area contributed by atoms with Crippen LogP contribution in [0.2, 0.25) is 0 Å². The molecule has 1 saturated heterocycles. The van der Waals surface area contributed by atoms with E-state index in [2.05, 4.69) is 35.3 Å². The van der Waals surface area contributed by atoms with E-state index in [-0.39, 0.29) is 0 Å². The van der Waals surface area contributed by atoms with Crippen molar-refractivity contribution < 1.29 is 10.0 Å². The van der Waals surface area contributed by atoms with Gasteiger partial charge in [0.1, 0.15) is 17.5 Å². The number of nitrogens with zero attached hydrogens (tertiary/aromatic N) is 6. The van der Waals surface area contributed by atoms with E-state index >= 15 is 0 Å². The molecule has 0 bridgehead atoms. The highest BCUT2D eigenvalue weighted by Crippen LogP contribution is 2.26. The van der Waals surface area contributed by atoms with Gasteiger partial charge >= 0.3 is 0 Å². The monoisotopic (exact) mass is 477 g/mol. The highest BCUT2D eigenvalue weighted by atomic mass is 32.2. The molecule has 0 aliphatic carbocycles. The highest BCUT2D eigenvalue weighted by Gasteiger charge is 2.21. The Morgan fingerprint density at radius 2 is 1.82 bits per heavy atom. The van der Waals surface area contributed by atoms with Crippen LogP contribution in [-0.2, 0) is 0 Å². The molecule has 12 heteroatoms. The largest absolute Gasteiger partial charge is 0.353 e. The Labute approximate surface area is 199 Å². The van der Waals surface area contributed by atoms with Gasteiger partial charge < -0.3 is 15.1 Å². The van der Waals surface area contributed by atoms with E-state index in [1.54, 1.807) is 23.8 Å². The van der Waals surface area contributed by atoms with Gasteiger partial charge in [0, 0.05) is 49.5 Å². The standard InChI is InChI=1S/C22H23N9O2S/c1-34-22-26-18(25-16-3-4-17-15(10-16)13-24-28-17)11-20(27-22)31-8-6-30(7-9-31)19-5-2-14(12-23-19)21(32)29-33/h2-5,10-13,33H,6-9H2,1H3,(H,24,28)(H,29,32)(H,25,26,27). The van der Waals surface area contributed by atoms with E-state index in [9.17, 15) is 4.79 Å². The van der Waals surface area contributed by atoms with Gasteiger partial charge in [-0.1, -0.05) is 11.8 Å². The van der Waals surface area contributed by atoms with Crippen LogP contribution in [0.25, 0.3) is 10.9 Å². The molecule has 1 aliphatic rings. The maximum absolute atomic E-state index is 11.5. The number of fused-ring (bicyclic) bond motifs is 1. The zero-order valence-electron chi connectivity index (χ0n) is 18.4. The van der Waals surface area contributed by atoms with Crippen LogP contribution in [0.15, 0.2) is 53.9 Å². The number of aromatic amines is 1. The quantitative estimate of drug-likeness (QED) is 0.142. The second-order valence-corrected chi connectivity index (χ2v) is 8.49. The number of nitrogens with one attached hydrogen (secondary N) is 3. The van der Waals surface area contributed by atoms with Gasteiger partial charge in [-0.2, -0.15) is 5.10 Å². The summed E-state index contributed by atoms with van der Waals surface area (Å²) in [6.45, 7) is 3.06. The van der Waals surface area contributed by atoms with E-state index in [0.717, 1.165) is 60.2 Å². The van der Waals surface area contributed by atoms with E-state index in [0.29, 0.717) is 10.7 Å². The molecule has 4 N–H and O–H groups in total. The van der Waals surface area contributed by atoms with Gasteiger partial charge in [-0.25, -0.2) is 20.4 Å². The second-order valence-electron chi connectivity index (χ2n) is 7.72. The van der Waals surface area contributed by atoms with Gasteiger partial charge in [0.05, 0.1) is 17.3 Å². The number of hydroxylamine groups is 1. The van der Waals surface area contributed by atoms with Crippen molar-refractivity contribution in [1.29, 1.82) is 0 Å². The lowest BCUT2D eigenvalue weighted by Crippen LogP contribution is -2.47. The zero-order valence-corrected chi connectivity index (χ0v) is 19.2. The van der Waals surface area contributed by atoms with Crippen LogP contribution >= 0.6 is 11.8 Å². The molecule has 1 fully saturated rings. The van der Waals surface area contributed by atoms with Gasteiger partial charge in [0.25, 0.3) is 5.91 Å². The fourth-order valence-electron chi connectivity index (χ4n) is 3.84. The van der Waals surface area contributed by atoms with Crippen LogP contribution in [0.4, 0.5) is 23.1 Å². The molecule has 0 unspecified atom stereocenters. The summed E-state index contributed by atoms with van der Waals surface area (Å²) in [4.78, 5) is 29.6. The molecule has 0 saturated carbocycles. The molecular formula is C22H23N9O2S. The fraction of sp³-hybridized carbons (Fsp3) is 0.227. The first kappa shape index (κ1) is 21.9. The van der Waals surface area contributed by atoms with Gasteiger partial charge in [0.2, 0.25) is 0 Å². The molecule has 4 heterocycles. The Morgan fingerprint density at radius 3 is 2.53 bits per heavy atom. The van der Waals surface area contributed by atoms with Gasteiger partial charge in [-0.05, 0) is 36.6 Å². The third-order valence-electron chi connectivity index (χ3n) is 5.63. The minimum Gasteiger partial charge on any atom is -0.353 e. The molecule has 0 spiro atoms. The van der Waals surface area contributed by atoms with E-state index in [4.69, 9.17) is 10.2 Å². The van der Waals surface area contributed by atoms with Crippen molar-refractivity contribution >= 4 is 51.7 Å². The maximum atomic E-state index is 11.5. The molecule has 3 aromatic heterocycles. The predicted molar refractivity (Wildman–Crippen MR) is 131 cm³/mol. The molecule has 0 atom stereocenters.